The summed E-state index contributed by atoms with van der Waals surface area (Å²) in [6, 6.07) is 5.33. The second-order valence-corrected chi connectivity index (χ2v) is 9.20. The van der Waals surface area contributed by atoms with Crippen LogP contribution in [-0.2, 0) is 0 Å². The number of aromatic nitrogens is 4. The minimum absolute atomic E-state index is 0.0759. The van der Waals surface area contributed by atoms with Crippen molar-refractivity contribution in [2.75, 3.05) is 0 Å². The number of pyridine rings is 1. The number of allylic oxidation sites excluding steroid dienone is 1. The minimum Gasteiger partial charge on any atom is -0.507 e. The molecule has 0 amide bonds. The third-order valence-electron chi connectivity index (χ3n) is 6.61. The Kier molecular flexibility index (Phi) is 3.95. The maximum absolute atomic E-state index is 15.1. The summed E-state index contributed by atoms with van der Waals surface area (Å²) in [5.41, 5.74) is 1.75. The SMILES string of the molecule is C[C@@]12CC[C@@](C)(C1)[C@@H](F)/C(=C\c1cnc(-c3cc4ccncc4cc3O)nn1)C2. The van der Waals surface area contributed by atoms with Gasteiger partial charge in [0.15, 0.2) is 5.82 Å². The Hall–Kier alpha value is -2.89. The Bertz CT molecular complexity index is 1130. The van der Waals surface area contributed by atoms with Crippen LogP contribution in [0.15, 0.2) is 42.4 Å². The number of benzene rings is 1. The number of hydrogen-bond acceptors (Lipinski definition) is 5. The van der Waals surface area contributed by atoms with Gasteiger partial charge < -0.3 is 5.11 Å². The van der Waals surface area contributed by atoms with Crippen molar-refractivity contribution in [3.05, 3.63) is 48.1 Å². The van der Waals surface area contributed by atoms with E-state index in [4.69, 9.17) is 0 Å². The molecular formula is C23H23FN4O. The molecule has 3 atom stereocenters. The van der Waals surface area contributed by atoms with Gasteiger partial charge in [-0.25, -0.2) is 9.37 Å². The summed E-state index contributed by atoms with van der Waals surface area (Å²) in [5, 5.41) is 20.6. The van der Waals surface area contributed by atoms with Gasteiger partial charge in [-0.1, -0.05) is 13.8 Å². The molecule has 148 valence electrons. The number of hydrogen-bond donors (Lipinski definition) is 1. The van der Waals surface area contributed by atoms with Crippen molar-refractivity contribution in [3.63, 3.8) is 0 Å². The summed E-state index contributed by atoms with van der Waals surface area (Å²) in [6.45, 7) is 4.31. The molecular weight excluding hydrogens is 367 g/mol. The molecule has 1 N–H and O–H groups in total. The number of fused-ring (bicyclic) bond motifs is 3. The van der Waals surface area contributed by atoms with Crippen molar-refractivity contribution in [1.29, 1.82) is 0 Å². The first kappa shape index (κ1) is 18.2. The third kappa shape index (κ3) is 3.07. The molecule has 0 spiro atoms. The van der Waals surface area contributed by atoms with Gasteiger partial charge in [0.1, 0.15) is 17.6 Å². The summed E-state index contributed by atoms with van der Waals surface area (Å²) in [7, 11) is 0. The Morgan fingerprint density at radius 3 is 2.79 bits per heavy atom. The van der Waals surface area contributed by atoms with Gasteiger partial charge in [0, 0.05) is 23.2 Å². The molecule has 0 aliphatic heterocycles. The molecule has 3 aromatic rings. The zero-order valence-corrected chi connectivity index (χ0v) is 16.6. The monoisotopic (exact) mass is 390 g/mol. The summed E-state index contributed by atoms with van der Waals surface area (Å²) >= 11 is 0. The highest BCUT2D eigenvalue weighted by Crippen LogP contribution is 2.60. The third-order valence-corrected chi connectivity index (χ3v) is 6.61. The molecule has 0 radical (unpaired) electrons. The van der Waals surface area contributed by atoms with Gasteiger partial charge >= 0.3 is 0 Å². The largest absolute Gasteiger partial charge is 0.507 e. The van der Waals surface area contributed by atoms with Gasteiger partial charge in [0.2, 0.25) is 0 Å². The first-order valence-corrected chi connectivity index (χ1v) is 9.97. The zero-order valence-electron chi connectivity index (χ0n) is 16.6. The average molecular weight is 390 g/mol. The topological polar surface area (TPSA) is 71.8 Å². The predicted octanol–water partition coefficient (Wildman–Crippen LogP) is 5.11. The van der Waals surface area contributed by atoms with Gasteiger partial charge in [-0.2, -0.15) is 0 Å². The van der Waals surface area contributed by atoms with Crippen LogP contribution in [0.3, 0.4) is 0 Å². The Morgan fingerprint density at radius 2 is 2.00 bits per heavy atom. The van der Waals surface area contributed by atoms with E-state index in [0.717, 1.165) is 42.0 Å². The standard InChI is InChI=1S/C23H23FN4O/c1-22-4-5-23(2,13-22)20(24)15(10-22)7-17-12-26-21(28-27-17)18-8-14-3-6-25-11-16(14)9-19(18)29/h3,6-9,11-12,20,29H,4-5,10,13H2,1-2H3/b15-7-/t20-,22-,23-/m0/s1. The fourth-order valence-corrected chi connectivity index (χ4v) is 5.23. The number of nitrogens with zero attached hydrogens (tertiary/aromatic N) is 4. The molecule has 2 aliphatic carbocycles. The van der Waals surface area contributed by atoms with Crippen LogP contribution < -0.4 is 0 Å². The fraction of sp³-hybridized carbons (Fsp3) is 0.391. The van der Waals surface area contributed by atoms with E-state index >= 15 is 4.39 Å². The number of halogens is 1. The van der Waals surface area contributed by atoms with E-state index in [1.165, 1.54) is 0 Å². The predicted molar refractivity (Wildman–Crippen MR) is 110 cm³/mol. The van der Waals surface area contributed by atoms with Gasteiger partial charge in [-0.15, -0.1) is 10.2 Å². The Morgan fingerprint density at radius 1 is 1.14 bits per heavy atom. The Balaban J connectivity index is 1.47. The quantitative estimate of drug-likeness (QED) is 0.658. The summed E-state index contributed by atoms with van der Waals surface area (Å²) in [5.74, 6) is 0.412. The van der Waals surface area contributed by atoms with Crippen LogP contribution >= 0.6 is 0 Å². The average Bonchev–Trinajstić information content (AvgIpc) is 2.98. The molecule has 2 fully saturated rings. The van der Waals surface area contributed by atoms with E-state index in [2.05, 4.69) is 34.0 Å². The van der Waals surface area contributed by atoms with Crippen LogP contribution in [0.1, 0.15) is 45.2 Å². The van der Waals surface area contributed by atoms with Gasteiger partial charge in [0.25, 0.3) is 0 Å². The van der Waals surface area contributed by atoms with Crippen LogP contribution in [0.25, 0.3) is 28.2 Å². The number of phenolic OH excluding ortho intramolecular Hbond substituents is 1. The molecule has 5 nitrogen and oxygen atoms in total. The lowest BCUT2D eigenvalue weighted by Gasteiger charge is -2.39. The van der Waals surface area contributed by atoms with E-state index < -0.39 is 6.17 Å². The molecule has 1 aromatic carbocycles. The van der Waals surface area contributed by atoms with E-state index in [9.17, 15) is 5.11 Å². The lowest BCUT2D eigenvalue weighted by atomic mass is 9.67. The van der Waals surface area contributed by atoms with Crippen molar-refractivity contribution in [2.45, 2.75) is 45.7 Å². The Labute approximate surface area is 168 Å². The first-order chi connectivity index (χ1) is 13.9. The summed E-state index contributed by atoms with van der Waals surface area (Å²) < 4.78 is 15.1. The molecule has 2 aliphatic rings. The van der Waals surface area contributed by atoms with Crippen molar-refractivity contribution >= 4 is 16.8 Å². The van der Waals surface area contributed by atoms with Crippen LogP contribution in [0.2, 0.25) is 0 Å². The highest BCUT2D eigenvalue weighted by atomic mass is 19.1. The normalized spacial score (nSPS) is 30.2. The van der Waals surface area contributed by atoms with Crippen LogP contribution in [0.5, 0.6) is 5.75 Å². The zero-order chi connectivity index (χ0) is 20.2. The lowest BCUT2D eigenvalue weighted by Crippen LogP contribution is -2.35. The highest BCUT2D eigenvalue weighted by Gasteiger charge is 2.53. The van der Waals surface area contributed by atoms with Gasteiger partial charge in [0.05, 0.1) is 11.8 Å². The molecule has 0 unspecified atom stereocenters. The second-order valence-electron chi connectivity index (χ2n) is 9.20. The van der Waals surface area contributed by atoms with E-state index in [1.807, 2.05) is 12.1 Å². The lowest BCUT2D eigenvalue weighted by molar-refractivity contribution is 0.106. The molecule has 2 bridgehead atoms. The van der Waals surface area contributed by atoms with Crippen molar-refractivity contribution in [3.8, 4) is 17.1 Å². The van der Waals surface area contributed by atoms with Crippen LogP contribution in [-0.4, -0.2) is 31.4 Å². The van der Waals surface area contributed by atoms with E-state index in [-0.39, 0.29) is 16.6 Å². The minimum atomic E-state index is -0.947. The van der Waals surface area contributed by atoms with Crippen LogP contribution in [0.4, 0.5) is 4.39 Å². The molecule has 29 heavy (non-hydrogen) atoms. The number of aromatic hydroxyl groups is 1. The van der Waals surface area contributed by atoms with Crippen LogP contribution in [0, 0.1) is 10.8 Å². The number of phenols is 1. The van der Waals surface area contributed by atoms with Crippen molar-refractivity contribution in [1.82, 2.24) is 20.2 Å². The molecule has 2 saturated carbocycles. The molecule has 0 saturated heterocycles. The first-order valence-electron chi connectivity index (χ1n) is 9.97. The maximum atomic E-state index is 15.1. The van der Waals surface area contributed by atoms with E-state index in [0.29, 0.717) is 17.1 Å². The number of rotatable bonds is 2. The maximum Gasteiger partial charge on any atom is 0.185 e. The second kappa shape index (κ2) is 6.31. The molecule has 5 rings (SSSR count). The molecule has 6 heteroatoms. The van der Waals surface area contributed by atoms with Gasteiger partial charge in [-0.05, 0) is 66.3 Å². The van der Waals surface area contributed by atoms with E-state index in [1.54, 1.807) is 30.7 Å². The fourth-order valence-electron chi connectivity index (χ4n) is 5.23. The summed E-state index contributed by atoms with van der Waals surface area (Å²) in [4.78, 5) is 8.44. The highest BCUT2D eigenvalue weighted by molar-refractivity contribution is 5.88. The van der Waals surface area contributed by atoms with Crippen molar-refractivity contribution in [2.24, 2.45) is 10.8 Å². The molecule has 2 aromatic heterocycles. The summed E-state index contributed by atoms with van der Waals surface area (Å²) in [6.07, 6.45) is 9.55. The van der Waals surface area contributed by atoms with Crippen molar-refractivity contribution < 1.29 is 9.50 Å². The number of alkyl halides is 1. The molecule has 2 heterocycles. The smallest absolute Gasteiger partial charge is 0.185 e. The van der Waals surface area contributed by atoms with Gasteiger partial charge in [-0.3, -0.25) is 4.98 Å².